The highest BCUT2D eigenvalue weighted by Gasteiger charge is 2.26. The van der Waals surface area contributed by atoms with E-state index in [1.165, 1.54) is 29.5 Å². The number of benzene rings is 1. The Balaban J connectivity index is 1.51. The lowest BCUT2D eigenvalue weighted by Crippen LogP contribution is -2.50. The largest absolute Gasteiger partial charge is 0.444 e. The number of amides is 1. The van der Waals surface area contributed by atoms with Gasteiger partial charge >= 0.3 is 6.09 Å². The molecule has 0 N–H and O–H groups in total. The molecule has 0 atom stereocenters. The van der Waals surface area contributed by atoms with Crippen molar-refractivity contribution in [2.24, 2.45) is 0 Å². The molecule has 3 heterocycles. The van der Waals surface area contributed by atoms with Crippen molar-refractivity contribution in [2.45, 2.75) is 59.0 Å². The van der Waals surface area contributed by atoms with E-state index < -0.39 is 5.60 Å². The first kappa shape index (κ1) is 23.1. The number of nitrogens with zero attached hydrogens (tertiary/aromatic N) is 4. The number of carbonyl (C=O) groups is 1. The van der Waals surface area contributed by atoms with Crippen LogP contribution in [-0.4, -0.2) is 52.4 Å². The standard InChI is InChI=1S/C27H36N4O2/c1-6-20(7-2)21-8-10-22(11-9-21)23-18-25-24(12-13-28-31(25)19-23)29-14-16-30(17-15-29)26(32)33-27(3,4)5/h8-13,18-20H,6-7,14-17H2,1-5H3. The Morgan fingerprint density at radius 2 is 1.67 bits per heavy atom. The van der Waals surface area contributed by atoms with Crippen molar-refractivity contribution >= 4 is 17.3 Å². The molecule has 0 radical (unpaired) electrons. The van der Waals surface area contributed by atoms with E-state index in [1.807, 2.05) is 31.5 Å². The van der Waals surface area contributed by atoms with Crippen molar-refractivity contribution in [3.63, 3.8) is 0 Å². The van der Waals surface area contributed by atoms with E-state index in [0.29, 0.717) is 19.0 Å². The highest BCUT2D eigenvalue weighted by atomic mass is 16.6. The van der Waals surface area contributed by atoms with Crippen LogP contribution < -0.4 is 4.90 Å². The average Bonchev–Trinajstić information content (AvgIpc) is 3.24. The second-order valence-electron chi connectivity index (χ2n) is 9.86. The summed E-state index contributed by atoms with van der Waals surface area (Å²) in [5.74, 6) is 0.625. The number of carbonyl (C=O) groups excluding carboxylic acids is 1. The van der Waals surface area contributed by atoms with Crippen molar-refractivity contribution in [3.8, 4) is 11.1 Å². The summed E-state index contributed by atoms with van der Waals surface area (Å²) in [6.07, 6.45) is 6.05. The predicted octanol–water partition coefficient (Wildman–Crippen LogP) is 5.96. The molecule has 176 valence electrons. The Kier molecular flexibility index (Phi) is 6.63. The minimum atomic E-state index is -0.472. The fourth-order valence-electron chi connectivity index (χ4n) is 4.59. The molecule has 2 aromatic heterocycles. The molecule has 6 nitrogen and oxygen atoms in total. The normalized spacial score (nSPS) is 14.8. The third-order valence-corrected chi connectivity index (χ3v) is 6.46. The Bertz CT molecular complexity index is 1090. The minimum absolute atomic E-state index is 0.233. The van der Waals surface area contributed by atoms with Gasteiger partial charge in [-0.3, -0.25) is 0 Å². The summed E-state index contributed by atoms with van der Waals surface area (Å²) in [6.45, 7) is 13.0. The smallest absolute Gasteiger partial charge is 0.410 e. The second-order valence-corrected chi connectivity index (χ2v) is 9.86. The lowest BCUT2D eigenvalue weighted by atomic mass is 9.93. The fourth-order valence-corrected chi connectivity index (χ4v) is 4.59. The quantitative estimate of drug-likeness (QED) is 0.483. The average molecular weight is 449 g/mol. The van der Waals surface area contributed by atoms with E-state index in [0.717, 1.165) is 24.3 Å². The van der Waals surface area contributed by atoms with Crippen LogP contribution in [0.25, 0.3) is 16.6 Å². The van der Waals surface area contributed by atoms with Gasteiger partial charge in [0, 0.05) is 44.1 Å². The first-order valence-corrected chi connectivity index (χ1v) is 12.1. The summed E-state index contributed by atoms with van der Waals surface area (Å²) in [5, 5.41) is 4.54. The molecule has 3 aromatic rings. The van der Waals surface area contributed by atoms with Crippen LogP contribution in [0.5, 0.6) is 0 Å². The van der Waals surface area contributed by atoms with Gasteiger partial charge < -0.3 is 14.5 Å². The zero-order chi connectivity index (χ0) is 23.6. The summed E-state index contributed by atoms with van der Waals surface area (Å²) in [5.41, 5.74) is 5.54. The van der Waals surface area contributed by atoms with Gasteiger partial charge in [-0.1, -0.05) is 38.1 Å². The minimum Gasteiger partial charge on any atom is -0.444 e. The molecule has 1 aromatic carbocycles. The van der Waals surface area contributed by atoms with Gasteiger partial charge in [0.15, 0.2) is 0 Å². The van der Waals surface area contributed by atoms with E-state index in [-0.39, 0.29) is 6.09 Å². The molecule has 1 fully saturated rings. The van der Waals surface area contributed by atoms with Crippen LogP contribution in [-0.2, 0) is 4.74 Å². The fraction of sp³-hybridized carbons (Fsp3) is 0.481. The number of hydrogen-bond acceptors (Lipinski definition) is 4. The van der Waals surface area contributed by atoms with Crippen LogP contribution in [0.4, 0.5) is 10.5 Å². The van der Waals surface area contributed by atoms with E-state index >= 15 is 0 Å². The zero-order valence-corrected chi connectivity index (χ0v) is 20.5. The SMILES string of the molecule is CCC(CC)c1ccc(-c2cc3c(N4CCN(C(=O)OC(C)(C)C)CC4)ccnn3c2)cc1. The Morgan fingerprint density at radius 1 is 1.00 bits per heavy atom. The number of hydrogen-bond donors (Lipinski definition) is 0. The summed E-state index contributed by atoms with van der Waals surface area (Å²) in [4.78, 5) is 16.5. The molecule has 1 aliphatic rings. The maximum atomic E-state index is 12.4. The van der Waals surface area contributed by atoms with Gasteiger partial charge in [-0.25, -0.2) is 9.31 Å². The van der Waals surface area contributed by atoms with Crippen molar-refractivity contribution in [2.75, 3.05) is 31.1 Å². The highest BCUT2D eigenvalue weighted by Crippen LogP contribution is 2.31. The molecule has 33 heavy (non-hydrogen) atoms. The summed E-state index contributed by atoms with van der Waals surface area (Å²) >= 11 is 0. The van der Waals surface area contributed by atoms with Gasteiger partial charge in [0.25, 0.3) is 0 Å². The lowest BCUT2D eigenvalue weighted by molar-refractivity contribution is 0.0240. The Hall–Kier alpha value is -3.02. The maximum absolute atomic E-state index is 12.4. The molecule has 0 spiro atoms. The monoisotopic (exact) mass is 448 g/mol. The van der Waals surface area contributed by atoms with Crippen molar-refractivity contribution in [3.05, 3.63) is 54.4 Å². The van der Waals surface area contributed by atoms with Gasteiger partial charge in [0.1, 0.15) is 5.60 Å². The third kappa shape index (κ3) is 5.15. The number of piperazine rings is 1. The van der Waals surface area contributed by atoms with Crippen LogP contribution in [0.15, 0.2) is 48.8 Å². The molecular weight excluding hydrogens is 412 g/mol. The summed E-state index contributed by atoms with van der Waals surface area (Å²) in [6, 6.07) is 13.3. The van der Waals surface area contributed by atoms with Crippen molar-refractivity contribution in [1.82, 2.24) is 14.5 Å². The second kappa shape index (κ2) is 9.46. The molecule has 6 heteroatoms. The first-order valence-electron chi connectivity index (χ1n) is 12.1. The van der Waals surface area contributed by atoms with E-state index in [9.17, 15) is 4.79 Å². The summed E-state index contributed by atoms with van der Waals surface area (Å²) < 4.78 is 7.49. The van der Waals surface area contributed by atoms with Crippen LogP contribution in [0.1, 0.15) is 58.9 Å². The molecule has 0 saturated carbocycles. The zero-order valence-electron chi connectivity index (χ0n) is 20.5. The maximum Gasteiger partial charge on any atom is 0.410 e. The number of fused-ring (bicyclic) bond motifs is 1. The van der Waals surface area contributed by atoms with Gasteiger partial charge in [-0.15, -0.1) is 0 Å². The predicted molar refractivity (Wildman–Crippen MR) is 134 cm³/mol. The van der Waals surface area contributed by atoms with Crippen molar-refractivity contribution in [1.29, 1.82) is 0 Å². The Labute approximate surface area is 197 Å². The van der Waals surface area contributed by atoms with Crippen molar-refractivity contribution < 1.29 is 9.53 Å². The number of anilines is 1. The van der Waals surface area contributed by atoms with Gasteiger partial charge in [-0.05, 0) is 62.8 Å². The van der Waals surface area contributed by atoms with Crippen LogP contribution >= 0.6 is 0 Å². The molecule has 0 bridgehead atoms. The van der Waals surface area contributed by atoms with Crippen LogP contribution in [0, 0.1) is 0 Å². The first-order chi connectivity index (χ1) is 15.8. The molecule has 4 rings (SSSR count). The molecule has 0 aliphatic carbocycles. The van der Waals surface area contributed by atoms with Gasteiger partial charge in [0.05, 0.1) is 11.2 Å². The van der Waals surface area contributed by atoms with Gasteiger partial charge in [-0.2, -0.15) is 5.10 Å². The summed E-state index contributed by atoms with van der Waals surface area (Å²) in [7, 11) is 0. The Morgan fingerprint density at radius 3 is 2.27 bits per heavy atom. The lowest BCUT2D eigenvalue weighted by Gasteiger charge is -2.36. The number of ether oxygens (including phenoxy) is 1. The number of aromatic nitrogens is 2. The molecule has 1 saturated heterocycles. The van der Waals surface area contributed by atoms with E-state index in [2.05, 4.69) is 66.4 Å². The van der Waals surface area contributed by atoms with E-state index in [1.54, 1.807) is 4.90 Å². The number of rotatable bonds is 5. The molecular formula is C27H36N4O2. The van der Waals surface area contributed by atoms with E-state index in [4.69, 9.17) is 4.74 Å². The molecule has 0 unspecified atom stereocenters. The van der Waals surface area contributed by atoms with Crippen LogP contribution in [0.3, 0.4) is 0 Å². The molecule has 1 aliphatic heterocycles. The highest BCUT2D eigenvalue weighted by molar-refractivity contribution is 5.80. The van der Waals surface area contributed by atoms with Crippen LogP contribution in [0.2, 0.25) is 0 Å². The topological polar surface area (TPSA) is 50.1 Å². The third-order valence-electron chi connectivity index (χ3n) is 6.46. The van der Waals surface area contributed by atoms with Gasteiger partial charge in [0.2, 0.25) is 0 Å². The molecule has 1 amide bonds.